The van der Waals surface area contributed by atoms with E-state index in [0.29, 0.717) is 32.6 Å². The molecule has 2 N–H and O–H groups in total. The molecule has 2 aliphatic heterocycles. The molecular weight excluding hydrogens is 362 g/mol. The van der Waals surface area contributed by atoms with Crippen molar-refractivity contribution in [2.75, 3.05) is 19.6 Å². The van der Waals surface area contributed by atoms with Gasteiger partial charge in [-0.05, 0) is 18.4 Å². The van der Waals surface area contributed by atoms with Gasteiger partial charge in [0.15, 0.2) is 6.10 Å². The fourth-order valence-electron chi connectivity index (χ4n) is 3.47. The van der Waals surface area contributed by atoms with Crippen molar-refractivity contribution in [2.45, 2.75) is 51.0 Å². The van der Waals surface area contributed by atoms with Gasteiger partial charge in [-0.25, -0.2) is 4.79 Å². The number of fused-ring (bicyclic) bond motifs is 1. The second-order valence-electron chi connectivity index (χ2n) is 7.22. The van der Waals surface area contributed by atoms with Crippen LogP contribution in [0.15, 0.2) is 30.3 Å². The van der Waals surface area contributed by atoms with Crippen LogP contribution in [-0.4, -0.2) is 64.8 Å². The summed E-state index contributed by atoms with van der Waals surface area (Å²) in [5.41, 5.74) is 0.980. The van der Waals surface area contributed by atoms with E-state index in [-0.39, 0.29) is 18.0 Å². The smallest absolute Gasteiger partial charge is 0.407 e. The van der Waals surface area contributed by atoms with E-state index in [4.69, 9.17) is 4.74 Å². The first-order valence-corrected chi connectivity index (χ1v) is 9.79. The van der Waals surface area contributed by atoms with E-state index in [0.717, 1.165) is 31.2 Å². The summed E-state index contributed by atoms with van der Waals surface area (Å²) in [7, 11) is 0. The summed E-state index contributed by atoms with van der Waals surface area (Å²) in [6, 6.07) is 9.56. The summed E-state index contributed by atoms with van der Waals surface area (Å²) in [6.45, 7) is 1.80. The molecule has 2 fully saturated rings. The first-order valence-electron chi connectivity index (χ1n) is 9.79. The number of carbonyl (C=O) groups is 3. The fraction of sp³-hybridized carbons (Fsp3) is 0.550. The third kappa shape index (κ3) is 5.22. The van der Waals surface area contributed by atoms with E-state index in [1.54, 1.807) is 4.90 Å². The van der Waals surface area contributed by atoms with E-state index in [1.807, 2.05) is 30.3 Å². The highest BCUT2D eigenvalue weighted by Gasteiger charge is 2.47. The van der Waals surface area contributed by atoms with Crippen molar-refractivity contribution in [1.29, 1.82) is 0 Å². The lowest BCUT2D eigenvalue weighted by Gasteiger charge is -2.31. The van der Waals surface area contributed by atoms with Gasteiger partial charge in [-0.15, -0.1) is 0 Å². The molecule has 3 amide bonds. The number of nitrogens with zero attached hydrogens (tertiary/aromatic N) is 2. The Hall–Kier alpha value is -2.61. The van der Waals surface area contributed by atoms with Gasteiger partial charge in [-0.3, -0.25) is 9.59 Å². The van der Waals surface area contributed by atoms with Crippen LogP contribution in [0.4, 0.5) is 4.79 Å². The Kier molecular flexibility index (Phi) is 6.86. The predicted molar refractivity (Wildman–Crippen MR) is 101 cm³/mol. The molecule has 28 heavy (non-hydrogen) atoms. The quantitative estimate of drug-likeness (QED) is 0.470. The molecule has 152 valence electrons. The number of carboxylic acid groups (broad SMARTS) is 1. The molecular formula is C20H27N3O5. The summed E-state index contributed by atoms with van der Waals surface area (Å²) in [5.74, 6) is -0.120. The molecule has 2 heterocycles. The van der Waals surface area contributed by atoms with Crippen LogP contribution < -0.4 is 5.32 Å². The molecule has 2 aliphatic rings. The summed E-state index contributed by atoms with van der Waals surface area (Å²) in [6.07, 6.45) is 2.14. The van der Waals surface area contributed by atoms with Gasteiger partial charge in [0.1, 0.15) is 6.23 Å². The Morgan fingerprint density at radius 3 is 2.61 bits per heavy atom. The van der Waals surface area contributed by atoms with Gasteiger partial charge in [0.25, 0.3) is 5.91 Å². The molecule has 2 saturated heterocycles. The number of rotatable bonds is 10. The molecule has 0 aromatic heterocycles. The summed E-state index contributed by atoms with van der Waals surface area (Å²) in [5, 5.41) is 12.2. The van der Waals surface area contributed by atoms with E-state index in [2.05, 4.69) is 5.32 Å². The van der Waals surface area contributed by atoms with E-state index < -0.39 is 12.2 Å². The topological polar surface area (TPSA) is 99.2 Å². The maximum Gasteiger partial charge on any atom is 0.407 e. The lowest BCUT2D eigenvalue weighted by atomic mass is 10.1. The standard InChI is InChI=1S/C20H27N3O5/c24-17-12-18-23(17)14-16(28-18)19(25)21-10-6-1-2-7-11-22(20(26)27)13-15-8-4-3-5-9-15/h3-5,8-9,16,18H,1-2,6-7,10-14H2,(H,21,25)(H,26,27)/t16-,18+/m1/s1. The molecule has 1 aromatic rings. The van der Waals surface area contributed by atoms with Crippen molar-refractivity contribution in [3.63, 3.8) is 0 Å². The molecule has 3 rings (SSSR count). The molecule has 0 aliphatic carbocycles. The lowest BCUT2D eigenvalue weighted by molar-refractivity contribution is -0.158. The summed E-state index contributed by atoms with van der Waals surface area (Å²) in [4.78, 5) is 37.8. The average Bonchev–Trinajstić information content (AvgIpc) is 3.04. The van der Waals surface area contributed by atoms with Crippen LogP contribution in [0.5, 0.6) is 0 Å². The Bertz CT molecular complexity index is 696. The van der Waals surface area contributed by atoms with Crippen LogP contribution in [-0.2, 0) is 20.9 Å². The van der Waals surface area contributed by atoms with Gasteiger partial charge in [-0.1, -0.05) is 43.2 Å². The number of hydrogen-bond acceptors (Lipinski definition) is 4. The summed E-state index contributed by atoms with van der Waals surface area (Å²) < 4.78 is 5.52. The minimum absolute atomic E-state index is 0.0444. The molecule has 0 unspecified atom stereocenters. The number of hydrogen-bond donors (Lipinski definition) is 2. The largest absolute Gasteiger partial charge is 0.465 e. The molecule has 8 nitrogen and oxygen atoms in total. The second kappa shape index (κ2) is 9.54. The second-order valence-corrected chi connectivity index (χ2v) is 7.22. The minimum Gasteiger partial charge on any atom is -0.465 e. The molecule has 8 heteroatoms. The Labute approximate surface area is 164 Å². The SMILES string of the molecule is O=C(NCCCCCCN(Cc1ccccc1)C(=O)O)[C@H]1CN2C(=O)C[C@@H]2O1. The zero-order valence-electron chi connectivity index (χ0n) is 15.9. The van der Waals surface area contributed by atoms with Crippen molar-refractivity contribution in [3.8, 4) is 0 Å². The zero-order valence-corrected chi connectivity index (χ0v) is 15.9. The normalized spacial score (nSPS) is 20.4. The van der Waals surface area contributed by atoms with Gasteiger partial charge >= 0.3 is 6.09 Å². The number of unbranched alkanes of at least 4 members (excludes halogenated alkanes) is 3. The maximum absolute atomic E-state index is 12.1. The van der Waals surface area contributed by atoms with E-state index in [9.17, 15) is 19.5 Å². The van der Waals surface area contributed by atoms with Crippen LogP contribution in [0.2, 0.25) is 0 Å². The monoisotopic (exact) mass is 389 g/mol. The Morgan fingerprint density at radius 2 is 1.93 bits per heavy atom. The molecule has 1 aromatic carbocycles. The van der Waals surface area contributed by atoms with Crippen LogP contribution in [0.3, 0.4) is 0 Å². The molecule has 0 radical (unpaired) electrons. The molecule has 2 atom stereocenters. The highest BCUT2D eigenvalue weighted by Crippen LogP contribution is 2.28. The third-order valence-corrected chi connectivity index (χ3v) is 5.13. The summed E-state index contributed by atoms with van der Waals surface area (Å²) >= 11 is 0. The maximum atomic E-state index is 12.1. The average molecular weight is 389 g/mol. The number of β-lactam (4-membered cyclic amide) rings is 1. The van der Waals surface area contributed by atoms with Gasteiger partial charge in [-0.2, -0.15) is 0 Å². The van der Waals surface area contributed by atoms with Gasteiger partial charge in [0.2, 0.25) is 5.91 Å². The van der Waals surface area contributed by atoms with Gasteiger partial charge in [0, 0.05) is 19.6 Å². The zero-order chi connectivity index (χ0) is 19.9. The first kappa shape index (κ1) is 20.1. The lowest BCUT2D eigenvalue weighted by Crippen LogP contribution is -2.48. The van der Waals surface area contributed by atoms with Crippen molar-refractivity contribution >= 4 is 17.9 Å². The van der Waals surface area contributed by atoms with E-state index in [1.165, 1.54) is 4.90 Å². The highest BCUT2D eigenvalue weighted by atomic mass is 16.5. The van der Waals surface area contributed by atoms with Crippen LogP contribution >= 0.6 is 0 Å². The minimum atomic E-state index is -0.907. The predicted octanol–water partition coefficient (Wildman–Crippen LogP) is 1.80. The molecule has 0 bridgehead atoms. The van der Waals surface area contributed by atoms with Gasteiger partial charge < -0.3 is 25.0 Å². The highest BCUT2D eigenvalue weighted by molar-refractivity contribution is 5.87. The Morgan fingerprint density at radius 1 is 1.18 bits per heavy atom. The number of benzene rings is 1. The number of ether oxygens (including phenoxy) is 1. The number of nitrogens with one attached hydrogen (secondary N) is 1. The van der Waals surface area contributed by atoms with Crippen LogP contribution in [0.25, 0.3) is 0 Å². The van der Waals surface area contributed by atoms with Gasteiger partial charge in [0.05, 0.1) is 13.0 Å². The van der Waals surface area contributed by atoms with Crippen LogP contribution in [0, 0.1) is 0 Å². The van der Waals surface area contributed by atoms with Crippen molar-refractivity contribution < 1.29 is 24.2 Å². The Balaban J connectivity index is 1.25. The molecule has 0 saturated carbocycles. The van der Waals surface area contributed by atoms with Crippen molar-refractivity contribution in [2.24, 2.45) is 0 Å². The van der Waals surface area contributed by atoms with Crippen molar-refractivity contribution in [3.05, 3.63) is 35.9 Å². The fourth-order valence-corrected chi connectivity index (χ4v) is 3.47. The van der Waals surface area contributed by atoms with Crippen molar-refractivity contribution in [1.82, 2.24) is 15.1 Å². The first-order chi connectivity index (χ1) is 13.5. The number of carbonyl (C=O) groups excluding carboxylic acids is 2. The van der Waals surface area contributed by atoms with Crippen LogP contribution in [0.1, 0.15) is 37.7 Å². The third-order valence-electron chi connectivity index (χ3n) is 5.13. The van der Waals surface area contributed by atoms with E-state index >= 15 is 0 Å². The molecule has 0 spiro atoms. The number of amides is 3.